The Morgan fingerprint density at radius 2 is 2.08 bits per heavy atom. The SMILES string of the molecule is CCn1nc(C)c(N)c1N(C)C. The first-order valence-electron chi connectivity index (χ1n) is 4.08. The number of nitrogens with zero attached hydrogens (tertiary/aromatic N) is 3. The highest BCUT2D eigenvalue weighted by Crippen LogP contribution is 2.23. The van der Waals surface area contributed by atoms with Gasteiger partial charge in [-0.1, -0.05) is 0 Å². The fourth-order valence-electron chi connectivity index (χ4n) is 1.28. The van der Waals surface area contributed by atoms with Gasteiger partial charge >= 0.3 is 0 Å². The number of hydrogen-bond donors (Lipinski definition) is 1. The number of rotatable bonds is 2. The maximum absolute atomic E-state index is 5.85. The van der Waals surface area contributed by atoms with E-state index in [0.29, 0.717) is 0 Å². The molecule has 0 spiro atoms. The number of aromatic nitrogens is 2. The third kappa shape index (κ3) is 1.24. The quantitative estimate of drug-likeness (QED) is 0.712. The molecule has 0 aliphatic heterocycles. The van der Waals surface area contributed by atoms with Gasteiger partial charge in [0, 0.05) is 20.6 Å². The smallest absolute Gasteiger partial charge is 0.150 e. The van der Waals surface area contributed by atoms with Crippen LogP contribution in [-0.4, -0.2) is 23.9 Å². The van der Waals surface area contributed by atoms with Gasteiger partial charge in [0.1, 0.15) is 5.82 Å². The van der Waals surface area contributed by atoms with Crippen LogP contribution in [0.5, 0.6) is 0 Å². The van der Waals surface area contributed by atoms with E-state index in [0.717, 1.165) is 23.7 Å². The van der Waals surface area contributed by atoms with Gasteiger partial charge in [-0.2, -0.15) is 5.10 Å². The molecule has 12 heavy (non-hydrogen) atoms. The fraction of sp³-hybridized carbons (Fsp3) is 0.625. The van der Waals surface area contributed by atoms with Crippen molar-refractivity contribution in [1.29, 1.82) is 0 Å². The fourth-order valence-corrected chi connectivity index (χ4v) is 1.28. The van der Waals surface area contributed by atoms with Crippen LogP contribution in [0.25, 0.3) is 0 Å². The molecule has 0 saturated heterocycles. The number of anilines is 2. The first kappa shape index (κ1) is 8.90. The van der Waals surface area contributed by atoms with Crippen LogP contribution in [0.3, 0.4) is 0 Å². The molecular weight excluding hydrogens is 152 g/mol. The van der Waals surface area contributed by atoms with Gasteiger partial charge < -0.3 is 10.6 Å². The van der Waals surface area contributed by atoms with E-state index in [1.54, 1.807) is 0 Å². The van der Waals surface area contributed by atoms with E-state index >= 15 is 0 Å². The Hall–Kier alpha value is -1.19. The number of nitrogen functional groups attached to an aromatic ring is 1. The monoisotopic (exact) mass is 168 g/mol. The summed E-state index contributed by atoms with van der Waals surface area (Å²) in [6.07, 6.45) is 0. The molecule has 0 amide bonds. The third-order valence-corrected chi connectivity index (χ3v) is 1.87. The molecule has 0 bridgehead atoms. The van der Waals surface area contributed by atoms with E-state index in [1.165, 1.54) is 0 Å². The second-order valence-electron chi connectivity index (χ2n) is 3.03. The van der Waals surface area contributed by atoms with E-state index in [1.807, 2.05) is 30.6 Å². The minimum Gasteiger partial charge on any atom is -0.394 e. The van der Waals surface area contributed by atoms with Gasteiger partial charge in [0.05, 0.1) is 11.4 Å². The Morgan fingerprint density at radius 1 is 1.50 bits per heavy atom. The summed E-state index contributed by atoms with van der Waals surface area (Å²) in [4.78, 5) is 1.98. The van der Waals surface area contributed by atoms with Crippen LogP contribution < -0.4 is 10.6 Å². The Kier molecular flexibility index (Phi) is 2.26. The molecule has 1 aromatic rings. The molecule has 4 heteroatoms. The average molecular weight is 168 g/mol. The van der Waals surface area contributed by atoms with Crippen LogP contribution in [0, 0.1) is 6.92 Å². The number of nitrogens with two attached hydrogens (primary N) is 1. The molecule has 68 valence electrons. The lowest BCUT2D eigenvalue weighted by Gasteiger charge is -2.14. The second-order valence-corrected chi connectivity index (χ2v) is 3.03. The average Bonchev–Trinajstić information content (AvgIpc) is 2.28. The summed E-state index contributed by atoms with van der Waals surface area (Å²) in [5, 5.41) is 4.30. The lowest BCUT2D eigenvalue weighted by Crippen LogP contribution is -2.15. The molecule has 1 heterocycles. The van der Waals surface area contributed by atoms with Crippen molar-refractivity contribution in [3.05, 3.63) is 5.69 Å². The van der Waals surface area contributed by atoms with Crippen LogP contribution in [0.2, 0.25) is 0 Å². The Morgan fingerprint density at radius 3 is 2.42 bits per heavy atom. The standard InChI is InChI=1S/C8H16N4/c1-5-12-8(11(3)4)7(9)6(2)10-12/h5,9H2,1-4H3. The molecule has 0 aliphatic rings. The molecule has 4 nitrogen and oxygen atoms in total. The highest BCUT2D eigenvalue weighted by Gasteiger charge is 2.12. The number of hydrogen-bond acceptors (Lipinski definition) is 3. The minimum atomic E-state index is 0.779. The van der Waals surface area contributed by atoms with Crippen LogP contribution in [-0.2, 0) is 6.54 Å². The maximum atomic E-state index is 5.85. The summed E-state index contributed by atoms with van der Waals surface area (Å²) in [6, 6.07) is 0. The predicted octanol–water partition coefficient (Wildman–Crippen LogP) is 0.860. The predicted molar refractivity (Wildman–Crippen MR) is 51.4 cm³/mol. The first-order chi connectivity index (χ1) is 5.57. The van der Waals surface area contributed by atoms with Gasteiger partial charge in [0.25, 0.3) is 0 Å². The van der Waals surface area contributed by atoms with Crippen molar-refractivity contribution >= 4 is 11.5 Å². The van der Waals surface area contributed by atoms with E-state index in [9.17, 15) is 0 Å². The van der Waals surface area contributed by atoms with Crippen molar-refractivity contribution in [2.45, 2.75) is 20.4 Å². The van der Waals surface area contributed by atoms with Crippen molar-refractivity contribution < 1.29 is 0 Å². The van der Waals surface area contributed by atoms with E-state index < -0.39 is 0 Å². The molecule has 0 aliphatic carbocycles. The van der Waals surface area contributed by atoms with Gasteiger partial charge in [-0.15, -0.1) is 0 Å². The first-order valence-corrected chi connectivity index (χ1v) is 4.08. The summed E-state index contributed by atoms with van der Waals surface area (Å²) in [5.74, 6) is 0.995. The van der Waals surface area contributed by atoms with Crippen molar-refractivity contribution in [3.8, 4) is 0 Å². The second kappa shape index (κ2) is 3.05. The van der Waals surface area contributed by atoms with Crippen LogP contribution in [0.1, 0.15) is 12.6 Å². The summed E-state index contributed by atoms with van der Waals surface area (Å²) >= 11 is 0. The van der Waals surface area contributed by atoms with Crippen LogP contribution >= 0.6 is 0 Å². The topological polar surface area (TPSA) is 47.1 Å². The van der Waals surface area contributed by atoms with Crippen molar-refractivity contribution in [1.82, 2.24) is 9.78 Å². The molecule has 1 aromatic heterocycles. The summed E-state index contributed by atoms with van der Waals surface area (Å²) in [7, 11) is 3.94. The zero-order valence-electron chi connectivity index (χ0n) is 8.13. The molecular formula is C8H16N4. The Labute approximate surface area is 73.0 Å². The third-order valence-electron chi connectivity index (χ3n) is 1.87. The van der Waals surface area contributed by atoms with Crippen molar-refractivity contribution in [2.24, 2.45) is 0 Å². The highest BCUT2D eigenvalue weighted by molar-refractivity contribution is 5.65. The summed E-state index contributed by atoms with van der Waals surface area (Å²) in [6.45, 7) is 4.83. The molecule has 2 N–H and O–H groups in total. The van der Waals surface area contributed by atoms with Gasteiger partial charge in [-0.05, 0) is 13.8 Å². The Bertz CT molecular complexity index is 275. The van der Waals surface area contributed by atoms with E-state index in [4.69, 9.17) is 5.73 Å². The van der Waals surface area contributed by atoms with Gasteiger partial charge in [0.15, 0.2) is 0 Å². The minimum absolute atomic E-state index is 0.779. The lowest BCUT2D eigenvalue weighted by molar-refractivity contribution is 0.649. The molecule has 0 saturated carbocycles. The Balaban J connectivity index is 3.21. The van der Waals surface area contributed by atoms with Gasteiger partial charge in [-0.25, -0.2) is 4.68 Å². The zero-order chi connectivity index (χ0) is 9.30. The van der Waals surface area contributed by atoms with Gasteiger partial charge in [-0.3, -0.25) is 0 Å². The normalized spacial score (nSPS) is 10.3. The summed E-state index contributed by atoms with van der Waals surface area (Å²) < 4.78 is 1.91. The zero-order valence-corrected chi connectivity index (χ0v) is 8.13. The maximum Gasteiger partial charge on any atom is 0.150 e. The molecule has 0 atom stereocenters. The molecule has 0 aromatic carbocycles. The van der Waals surface area contributed by atoms with E-state index in [2.05, 4.69) is 12.0 Å². The molecule has 0 unspecified atom stereocenters. The van der Waals surface area contributed by atoms with Crippen molar-refractivity contribution in [2.75, 3.05) is 24.7 Å². The van der Waals surface area contributed by atoms with Crippen LogP contribution in [0.15, 0.2) is 0 Å². The molecule has 0 fully saturated rings. The highest BCUT2D eigenvalue weighted by atomic mass is 15.4. The van der Waals surface area contributed by atoms with Crippen LogP contribution in [0.4, 0.5) is 11.5 Å². The van der Waals surface area contributed by atoms with E-state index in [-0.39, 0.29) is 0 Å². The largest absolute Gasteiger partial charge is 0.394 e. The lowest BCUT2D eigenvalue weighted by atomic mass is 10.4. The number of aryl methyl sites for hydroxylation is 2. The molecule has 0 radical (unpaired) electrons. The summed E-state index contributed by atoms with van der Waals surface area (Å²) in [5.41, 5.74) is 7.54. The van der Waals surface area contributed by atoms with Crippen molar-refractivity contribution in [3.63, 3.8) is 0 Å². The van der Waals surface area contributed by atoms with Gasteiger partial charge in [0.2, 0.25) is 0 Å². The molecule has 1 rings (SSSR count).